The number of nitrogens with one attached hydrogen (secondary N) is 1. The first-order valence-electron chi connectivity index (χ1n) is 2.51. The molecule has 0 aromatic carbocycles. The summed E-state index contributed by atoms with van der Waals surface area (Å²) in [5.74, 6) is -0.354. The van der Waals surface area contributed by atoms with Crippen LogP contribution in [0.4, 0.5) is 0 Å². The van der Waals surface area contributed by atoms with Crippen LogP contribution in [-0.2, 0) is 15.6 Å². The van der Waals surface area contributed by atoms with E-state index in [-0.39, 0.29) is 5.75 Å². The summed E-state index contributed by atoms with van der Waals surface area (Å²) in [7, 11) is -0.965. The van der Waals surface area contributed by atoms with Crippen molar-refractivity contribution in [2.75, 3.05) is 11.6 Å². The van der Waals surface area contributed by atoms with Crippen molar-refractivity contribution in [3.63, 3.8) is 0 Å². The Morgan fingerprint density at radius 3 is 2.67 bits per heavy atom. The van der Waals surface area contributed by atoms with Crippen molar-refractivity contribution in [3.8, 4) is 0 Å². The fourth-order valence-electron chi connectivity index (χ4n) is 0.656. The van der Waals surface area contributed by atoms with Crippen molar-refractivity contribution in [2.24, 2.45) is 0 Å². The Morgan fingerprint density at radius 1 is 1.78 bits per heavy atom. The molecule has 0 amide bonds. The molecule has 9 heavy (non-hydrogen) atoms. The van der Waals surface area contributed by atoms with E-state index in [4.69, 9.17) is 5.11 Å². The highest BCUT2D eigenvalue weighted by molar-refractivity contribution is 7.85. The van der Waals surface area contributed by atoms with Crippen LogP contribution >= 0.6 is 0 Å². The Bertz CT molecular complexity index is 158. The first kappa shape index (κ1) is 6.70. The lowest BCUT2D eigenvalue weighted by atomic mass is 10.4. The molecule has 1 fully saturated rings. The van der Waals surface area contributed by atoms with E-state index in [1.54, 1.807) is 0 Å². The predicted octanol–water partition coefficient (Wildman–Crippen LogP) is -1.25. The minimum Gasteiger partial charge on any atom is -0.480 e. The molecule has 0 aromatic heterocycles. The van der Waals surface area contributed by atoms with Crippen molar-refractivity contribution >= 4 is 16.8 Å². The summed E-state index contributed by atoms with van der Waals surface area (Å²) in [6, 6.07) is -0.592. The molecule has 4 nitrogen and oxygen atoms in total. The molecule has 0 saturated carbocycles. The van der Waals surface area contributed by atoms with Crippen molar-refractivity contribution in [3.05, 3.63) is 0 Å². The third kappa shape index (κ3) is 1.49. The second-order valence-electron chi connectivity index (χ2n) is 1.85. The molecule has 1 rings (SSSR count). The number of hydrogen-bond acceptors (Lipinski definition) is 3. The number of carboxylic acid groups (broad SMARTS) is 1. The van der Waals surface area contributed by atoms with Crippen molar-refractivity contribution in [1.82, 2.24) is 5.32 Å². The topological polar surface area (TPSA) is 66.4 Å². The Labute approximate surface area is 54.7 Å². The summed E-state index contributed by atoms with van der Waals surface area (Å²) >= 11 is 0. The molecule has 1 unspecified atom stereocenters. The number of carbonyl (C=O) groups is 1. The second kappa shape index (κ2) is 2.45. The summed E-state index contributed by atoms with van der Waals surface area (Å²) in [5, 5.41) is 10.9. The maximum atomic E-state index is 10.5. The third-order valence-electron chi connectivity index (χ3n) is 1.14. The monoisotopic (exact) mass is 149 g/mol. The Morgan fingerprint density at radius 2 is 2.44 bits per heavy atom. The Balaban J connectivity index is 2.48. The molecule has 1 heterocycles. The van der Waals surface area contributed by atoms with Gasteiger partial charge in [-0.15, -0.1) is 0 Å². The molecule has 0 aromatic rings. The highest BCUT2D eigenvalue weighted by atomic mass is 32.2. The van der Waals surface area contributed by atoms with Gasteiger partial charge in [-0.3, -0.25) is 14.3 Å². The van der Waals surface area contributed by atoms with Gasteiger partial charge in [-0.1, -0.05) is 0 Å². The van der Waals surface area contributed by atoms with Gasteiger partial charge < -0.3 is 5.11 Å². The predicted molar refractivity (Wildman–Crippen MR) is 32.4 cm³/mol. The normalized spacial score (nSPS) is 34.7. The standard InChI is InChI=1S/C4H7NO3S/c6-4(7)3-1-9(8)2-5-3/h3,5H,1-2H2,(H,6,7)/t3-,9?/m0/s1. The lowest BCUT2D eigenvalue weighted by Crippen LogP contribution is -2.32. The van der Waals surface area contributed by atoms with E-state index in [1.165, 1.54) is 0 Å². The average Bonchev–Trinajstić information content (AvgIpc) is 2.14. The molecule has 0 bridgehead atoms. The van der Waals surface area contributed by atoms with Gasteiger partial charge in [0.05, 0.1) is 11.6 Å². The SMILES string of the molecule is O=C(O)[C@@H]1CS(=O)CN1. The Kier molecular flexibility index (Phi) is 1.82. The summed E-state index contributed by atoms with van der Waals surface area (Å²) in [5.41, 5.74) is 0. The number of rotatable bonds is 1. The van der Waals surface area contributed by atoms with E-state index in [0.29, 0.717) is 5.88 Å². The summed E-state index contributed by atoms with van der Waals surface area (Å²) in [4.78, 5) is 10.2. The zero-order valence-corrected chi connectivity index (χ0v) is 5.48. The quantitative estimate of drug-likeness (QED) is 0.489. The molecule has 0 aliphatic carbocycles. The molecule has 2 N–H and O–H groups in total. The lowest BCUT2D eigenvalue weighted by Gasteiger charge is -1.97. The molecule has 5 heteroatoms. The fourth-order valence-corrected chi connectivity index (χ4v) is 1.79. The van der Waals surface area contributed by atoms with Gasteiger partial charge in [0, 0.05) is 10.8 Å². The van der Waals surface area contributed by atoms with E-state index in [0.717, 1.165) is 0 Å². The van der Waals surface area contributed by atoms with Gasteiger partial charge in [-0.25, -0.2) is 0 Å². The van der Waals surface area contributed by atoms with Crippen LogP contribution in [0.2, 0.25) is 0 Å². The van der Waals surface area contributed by atoms with Crippen LogP contribution in [0.1, 0.15) is 0 Å². The van der Waals surface area contributed by atoms with Crippen molar-refractivity contribution in [1.29, 1.82) is 0 Å². The summed E-state index contributed by atoms with van der Waals surface area (Å²) in [6.07, 6.45) is 0. The summed E-state index contributed by atoms with van der Waals surface area (Å²) < 4.78 is 10.5. The van der Waals surface area contributed by atoms with E-state index >= 15 is 0 Å². The fraction of sp³-hybridized carbons (Fsp3) is 0.750. The lowest BCUT2D eigenvalue weighted by molar-refractivity contribution is -0.138. The maximum absolute atomic E-state index is 10.5. The molecular weight excluding hydrogens is 142 g/mol. The molecule has 1 saturated heterocycles. The third-order valence-corrected chi connectivity index (χ3v) is 2.34. The van der Waals surface area contributed by atoms with Gasteiger partial charge in [-0.2, -0.15) is 0 Å². The van der Waals surface area contributed by atoms with Gasteiger partial charge in [0.15, 0.2) is 0 Å². The average molecular weight is 149 g/mol. The maximum Gasteiger partial charge on any atom is 0.321 e. The van der Waals surface area contributed by atoms with E-state index in [1.807, 2.05) is 0 Å². The molecular formula is C4H7NO3S. The van der Waals surface area contributed by atoms with Gasteiger partial charge in [0.1, 0.15) is 6.04 Å². The molecule has 0 radical (unpaired) electrons. The molecule has 1 aliphatic rings. The minimum absolute atomic E-state index is 0.245. The first-order chi connectivity index (χ1) is 4.20. The largest absolute Gasteiger partial charge is 0.480 e. The molecule has 1 aliphatic heterocycles. The van der Waals surface area contributed by atoms with Gasteiger partial charge in [0.2, 0.25) is 0 Å². The summed E-state index contributed by atoms with van der Waals surface area (Å²) in [6.45, 7) is 0. The van der Waals surface area contributed by atoms with Crippen LogP contribution in [0, 0.1) is 0 Å². The van der Waals surface area contributed by atoms with Crippen LogP contribution in [0.3, 0.4) is 0 Å². The van der Waals surface area contributed by atoms with Gasteiger partial charge in [0.25, 0.3) is 0 Å². The number of hydrogen-bond donors (Lipinski definition) is 2. The Hall–Kier alpha value is -0.420. The molecule has 2 atom stereocenters. The van der Waals surface area contributed by atoms with Crippen LogP contribution in [0.15, 0.2) is 0 Å². The van der Waals surface area contributed by atoms with E-state index in [9.17, 15) is 9.00 Å². The number of aliphatic carboxylic acids is 1. The van der Waals surface area contributed by atoms with E-state index < -0.39 is 22.8 Å². The zero-order valence-electron chi connectivity index (χ0n) is 4.66. The van der Waals surface area contributed by atoms with E-state index in [2.05, 4.69) is 5.32 Å². The van der Waals surface area contributed by atoms with Crippen molar-refractivity contribution < 1.29 is 14.1 Å². The zero-order chi connectivity index (χ0) is 6.85. The van der Waals surface area contributed by atoms with Gasteiger partial charge >= 0.3 is 5.97 Å². The smallest absolute Gasteiger partial charge is 0.321 e. The first-order valence-corrected chi connectivity index (χ1v) is 4.00. The highest BCUT2D eigenvalue weighted by Gasteiger charge is 2.25. The van der Waals surface area contributed by atoms with Crippen LogP contribution in [0.5, 0.6) is 0 Å². The second-order valence-corrected chi connectivity index (χ2v) is 3.35. The number of carboxylic acids is 1. The van der Waals surface area contributed by atoms with Crippen molar-refractivity contribution in [2.45, 2.75) is 6.04 Å². The highest BCUT2D eigenvalue weighted by Crippen LogP contribution is 1.97. The van der Waals surface area contributed by atoms with Gasteiger partial charge in [-0.05, 0) is 0 Å². The van der Waals surface area contributed by atoms with Crippen LogP contribution in [-0.4, -0.2) is 33.0 Å². The minimum atomic E-state index is -0.965. The van der Waals surface area contributed by atoms with Crippen LogP contribution < -0.4 is 5.32 Å². The molecule has 52 valence electrons. The molecule has 0 spiro atoms. The van der Waals surface area contributed by atoms with Crippen LogP contribution in [0.25, 0.3) is 0 Å².